The van der Waals surface area contributed by atoms with Gasteiger partial charge < -0.3 is 19.9 Å². The number of fused-ring (bicyclic) bond motifs is 1. The summed E-state index contributed by atoms with van der Waals surface area (Å²) in [6.45, 7) is 2.08. The van der Waals surface area contributed by atoms with Crippen molar-refractivity contribution in [2.75, 3.05) is 33.9 Å². The zero-order chi connectivity index (χ0) is 26.0. The molecule has 1 unspecified atom stereocenters. The zero-order valence-corrected chi connectivity index (χ0v) is 22.2. The number of aliphatic hydroxyl groups is 1. The molecule has 2 aromatic carbocycles. The molecule has 1 aliphatic carbocycles. The Morgan fingerprint density at radius 2 is 1.70 bits per heavy atom. The summed E-state index contributed by atoms with van der Waals surface area (Å²) >= 11 is 0. The van der Waals surface area contributed by atoms with E-state index < -0.39 is 6.10 Å². The third kappa shape index (κ3) is 6.90. The lowest BCUT2D eigenvalue weighted by atomic mass is 9.73. The van der Waals surface area contributed by atoms with Crippen LogP contribution in [0.15, 0.2) is 53.6 Å². The van der Waals surface area contributed by atoms with Gasteiger partial charge in [0.05, 0.1) is 26.0 Å². The quantitative estimate of drug-likeness (QED) is 0.375. The van der Waals surface area contributed by atoms with Crippen molar-refractivity contribution in [3.05, 3.63) is 59.7 Å². The van der Waals surface area contributed by atoms with Crippen LogP contribution in [0.5, 0.6) is 11.5 Å². The average molecular weight is 508 g/mol. The molecule has 7 nitrogen and oxygen atoms in total. The van der Waals surface area contributed by atoms with Gasteiger partial charge in [0, 0.05) is 30.5 Å². The summed E-state index contributed by atoms with van der Waals surface area (Å²) in [6, 6.07) is 15.7. The van der Waals surface area contributed by atoms with Gasteiger partial charge in [-0.25, -0.2) is 5.01 Å². The lowest BCUT2D eigenvalue weighted by Gasteiger charge is -2.38. The average Bonchev–Trinajstić information content (AvgIpc) is 2.95. The maximum absolute atomic E-state index is 13.3. The number of amides is 1. The van der Waals surface area contributed by atoms with E-state index in [-0.39, 0.29) is 17.7 Å². The summed E-state index contributed by atoms with van der Waals surface area (Å²) < 4.78 is 10.9. The van der Waals surface area contributed by atoms with Gasteiger partial charge in [-0.05, 0) is 56.0 Å². The molecule has 1 aliphatic heterocycles. The fraction of sp³-hybridized carbons (Fsp3) is 0.533. The van der Waals surface area contributed by atoms with Gasteiger partial charge >= 0.3 is 0 Å². The number of carbonyl (C=O) groups is 1. The molecule has 2 aliphatic rings. The summed E-state index contributed by atoms with van der Waals surface area (Å²) in [7, 11) is 3.28. The van der Waals surface area contributed by atoms with Crippen LogP contribution in [0.25, 0.3) is 0 Å². The van der Waals surface area contributed by atoms with Gasteiger partial charge in [-0.2, -0.15) is 5.10 Å². The topological polar surface area (TPSA) is 83.4 Å². The van der Waals surface area contributed by atoms with Crippen molar-refractivity contribution < 1.29 is 19.4 Å². The van der Waals surface area contributed by atoms with Crippen molar-refractivity contribution in [2.24, 2.45) is 16.9 Å². The van der Waals surface area contributed by atoms with Crippen molar-refractivity contribution >= 4 is 11.6 Å². The van der Waals surface area contributed by atoms with Gasteiger partial charge in [0.2, 0.25) is 5.91 Å². The van der Waals surface area contributed by atoms with Crippen LogP contribution in [0, 0.1) is 11.8 Å². The first-order valence-corrected chi connectivity index (χ1v) is 13.7. The van der Waals surface area contributed by atoms with E-state index in [4.69, 9.17) is 14.6 Å². The minimum absolute atomic E-state index is 0.0228. The summed E-state index contributed by atoms with van der Waals surface area (Å²) in [6.07, 6.45) is 7.79. The van der Waals surface area contributed by atoms with E-state index in [2.05, 4.69) is 5.32 Å². The number of hydrazone groups is 1. The SMILES string of the molecule is COc1ccc(C2=NN(CCCCCCNCC(O)c3ccccc3)C(=O)[C@@H]3CCCC[C@H]23)cc1OC. The second-order valence-electron chi connectivity index (χ2n) is 10.1. The highest BCUT2D eigenvalue weighted by molar-refractivity contribution is 6.07. The van der Waals surface area contributed by atoms with Crippen molar-refractivity contribution in [1.29, 1.82) is 0 Å². The van der Waals surface area contributed by atoms with Gasteiger partial charge in [-0.3, -0.25) is 4.79 Å². The van der Waals surface area contributed by atoms with Crippen LogP contribution in [0.1, 0.15) is 68.6 Å². The molecule has 0 aromatic heterocycles. The Balaban J connectivity index is 1.28. The second kappa shape index (κ2) is 13.6. The molecule has 1 heterocycles. The first-order valence-electron chi connectivity index (χ1n) is 13.7. The van der Waals surface area contributed by atoms with E-state index in [1.54, 1.807) is 19.2 Å². The third-order valence-electron chi connectivity index (χ3n) is 7.59. The van der Waals surface area contributed by atoms with Gasteiger partial charge in [-0.1, -0.05) is 56.0 Å². The summed E-state index contributed by atoms with van der Waals surface area (Å²) in [5.74, 6) is 1.76. The van der Waals surface area contributed by atoms with Gasteiger partial charge in [0.1, 0.15) is 0 Å². The molecule has 3 atom stereocenters. The van der Waals surface area contributed by atoms with Crippen LogP contribution in [0.3, 0.4) is 0 Å². The minimum Gasteiger partial charge on any atom is -0.493 e. The Bertz CT molecular complexity index is 1040. The van der Waals surface area contributed by atoms with Crippen LogP contribution in [-0.2, 0) is 4.79 Å². The molecule has 1 fully saturated rings. The van der Waals surface area contributed by atoms with Gasteiger partial charge in [0.25, 0.3) is 0 Å². The zero-order valence-electron chi connectivity index (χ0n) is 22.2. The summed E-state index contributed by atoms with van der Waals surface area (Å²) in [5.41, 5.74) is 2.96. The molecule has 7 heteroatoms. The molecule has 0 spiro atoms. The number of unbranched alkanes of at least 4 members (excludes halogenated alkanes) is 3. The van der Waals surface area contributed by atoms with E-state index in [9.17, 15) is 9.90 Å². The maximum Gasteiger partial charge on any atom is 0.246 e. The van der Waals surface area contributed by atoms with Crippen LogP contribution >= 0.6 is 0 Å². The number of benzene rings is 2. The van der Waals surface area contributed by atoms with Crippen molar-refractivity contribution in [1.82, 2.24) is 10.3 Å². The predicted octanol–water partition coefficient (Wildman–Crippen LogP) is 4.94. The second-order valence-corrected chi connectivity index (χ2v) is 10.1. The number of hydrogen-bond acceptors (Lipinski definition) is 6. The Kier molecular flexibility index (Phi) is 9.97. The molecule has 1 saturated carbocycles. The number of hydrogen-bond donors (Lipinski definition) is 2. The fourth-order valence-corrected chi connectivity index (χ4v) is 5.52. The Morgan fingerprint density at radius 3 is 2.46 bits per heavy atom. The van der Waals surface area contributed by atoms with E-state index in [0.717, 1.165) is 74.7 Å². The molecular formula is C30H41N3O4. The van der Waals surface area contributed by atoms with Crippen LogP contribution in [-0.4, -0.2) is 55.6 Å². The highest BCUT2D eigenvalue weighted by Crippen LogP contribution is 2.39. The molecule has 1 amide bonds. The smallest absolute Gasteiger partial charge is 0.246 e. The van der Waals surface area contributed by atoms with Crippen LogP contribution < -0.4 is 14.8 Å². The summed E-state index contributed by atoms with van der Waals surface area (Å²) in [5, 5.41) is 20.2. The largest absolute Gasteiger partial charge is 0.493 e. The standard InChI is InChI=1S/C30H41N3O4/c1-36-27-17-16-23(20-28(27)37-2)29-24-14-8-9-15-25(24)30(35)33(32-29)19-11-4-3-10-18-31-21-26(34)22-12-6-5-7-13-22/h5-7,12-13,16-17,20,24-26,31,34H,3-4,8-11,14-15,18-19,21H2,1-2H3/t24-,25+,26?/m0/s1. The number of nitrogens with zero attached hydrogens (tertiary/aromatic N) is 2. The normalized spacial score (nSPS) is 20.2. The number of methoxy groups -OCH3 is 2. The lowest BCUT2D eigenvalue weighted by molar-refractivity contribution is -0.139. The van der Waals surface area contributed by atoms with Crippen LogP contribution in [0.4, 0.5) is 0 Å². The first-order chi connectivity index (χ1) is 18.1. The van der Waals surface area contributed by atoms with Crippen molar-refractivity contribution in [2.45, 2.75) is 57.5 Å². The number of nitrogens with one attached hydrogen (secondary N) is 1. The highest BCUT2D eigenvalue weighted by atomic mass is 16.5. The fourth-order valence-electron chi connectivity index (χ4n) is 5.52. The molecule has 0 bridgehead atoms. The maximum atomic E-state index is 13.3. The number of aliphatic hydroxyl groups excluding tert-OH is 1. The highest BCUT2D eigenvalue weighted by Gasteiger charge is 2.41. The lowest BCUT2D eigenvalue weighted by Crippen LogP contribution is -2.46. The number of carbonyl (C=O) groups excluding carboxylic acids is 1. The molecule has 0 saturated heterocycles. The number of rotatable bonds is 13. The molecule has 2 N–H and O–H groups in total. The molecule has 37 heavy (non-hydrogen) atoms. The molecule has 0 radical (unpaired) electrons. The van der Waals surface area contributed by atoms with Crippen molar-refractivity contribution in [3.8, 4) is 11.5 Å². The Labute approximate surface area is 220 Å². The monoisotopic (exact) mass is 507 g/mol. The minimum atomic E-state index is -0.479. The molecular weight excluding hydrogens is 466 g/mol. The van der Waals surface area contributed by atoms with Gasteiger partial charge in [-0.15, -0.1) is 0 Å². The van der Waals surface area contributed by atoms with E-state index >= 15 is 0 Å². The van der Waals surface area contributed by atoms with E-state index in [0.29, 0.717) is 24.6 Å². The van der Waals surface area contributed by atoms with Gasteiger partial charge in [0.15, 0.2) is 11.5 Å². The first kappa shape index (κ1) is 27.1. The Hall–Kier alpha value is -2.90. The summed E-state index contributed by atoms with van der Waals surface area (Å²) in [4.78, 5) is 13.3. The van der Waals surface area contributed by atoms with E-state index in [1.165, 1.54) is 0 Å². The van der Waals surface area contributed by atoms with E-state index in [1.807, 2.05) is 48.5 Å². The third-order valence-corrected chi connectivity index (χ3v) is 7.59. The van der Waals surface area contributed by atoms with Crippen LogP contribution in [0.2, 0.25) is 0 Å². The predicted molar refractivity (Wildman–Crippen MR) is 146 cm³/mol. The molecule has 2 aromatic rings. The number of ether oxygens (including phenoxy) is 2. The Morgan fingerprint density at radius 1 is 0.973 bits per heavy atom. The van der Waals surface area contributed by atoms with Crippen molar-refractivity contribution in [3.63, 3.8) is 0 Å². The molecule has 4 rings (SSSR count). The molecule has 200 valence electrons.